The van der Waals surface area contributed by atoms with Crippen molar-refractivity contribution >= 4 is 22.8 Å². The molecule has 3 rings (SSSR count). The average molecular weight is 289 g/mol. The number of aromatic amines is 1. The molecule has 1 fully saturated rings. The first-order valence-electron chi connectivity index (χ1n) is 7.08. The third-order valence-corrected chi connectivity index (χ3v) is 3.27. The summed E-state index contributed by atoms with van der Waals surface area (Å²) in [5.41, 5.74) is 1.57. The smallest absolute Gasteiger partial charge is 0.412 e. The molecule has 0 aliphatic heterocycles. The Labute approximate surface area is 122 Å². The molecule has 1 aliphatic rings. The van der Waals surface area contributed by atoms with Crippen LogP contribution >= 0.6 is 0 Å². The molecule has 6 heteroatoms. The minimum Gasteiger partial charge on any atom is -0.444 e. The summed E-state index contributed by atoms with van der Waals surface area (Å²) in [6, 6.07) is 5.63. The maximum atomic E-state index is 11.9. The van der Waals surface area contributed by atoms with Gasteiger partial charge in [-0.15, -0.1) is 0 Å². The van der Waals surface area contributed by atoms with E-state index >= 15 is 0 Å². The Morgan fingerprint density at radius 1 is 1.38 bits per heavy atom. The van der Waals surface area contributed by atoms with Crippen molar-refractivity contribution in [3.8, 4) is 0 Å². The predicted octanol–water partition coefficient (Wildman–Crippen LogP) is 3.01. The van der Waals surface area contributed by atoms with E-state index < -0.39 is 11.7 Å². The number of carbonyl (C=O) groups is 1. The highest BCUT2D eigenvalue weighted by atomic mass is 16.6. The number of fused-ring (bicyclic) bond motifs is 1. The van der Waals surface area contributed by atoms with Gasteiger partial charge in [0.05, 0.1) is 11.0 Å². The van der Waals surface area contributed by atoms with Gasteiger partial charge in [0.2, 0.25) is 0 Å². The van der Waals surface area contributed by atoms with E-state index in [2.05, 4.69) is 10.3 Å². The highest BCUT2D eigenvalue weighted by Crippen LogP contribution is 2.36. The van der Waals surface area contributed by atoms with Crippen molar-refractivity contribution in [3.05, 3.63) is 28.7 Å². The highest BCUT2D eigenvalue weighted by Gasteiger charge is 2.27. The Balaban J connectivity index is 1.88. The summed E-state index contributed by atoms with van der Waals surface area (Å²) in [6.07, 6.45) is 1.55. The lowest BCUT2D eigenvalue weighted by molar-refractivity contribution is 0.0636. The molecule has 1 amide bonds. The summed E-state index contributed by atoms with van der Waals surface area (Å²) in [5, 5.41) is 2.70. The van der Waals surface area contributed by atoms with E-state index in [1.165, 1.54) is 0 Å². The van der Waals surface area contributed by atoms with Crippen molar-refractivity contribution in [1.29, 1.82) is 0 Å². The van der Waals surface area contributed by atoms with Gasteiger partial charge >= 0.3 is 11.8 Å². The van der Waals surface area contributed by atoms with Crippen LogP contribution in [0.3, 0.4) is 0 Å². The number of aromatic nitrogens is 2. The van der Waals surface area contributed by atoms with Crippen LogP contribution in [0.4, 0.5) is 10.5 Å². The molecule has 1 aromatic carbocycles. The summed E-state index contributed by atoms with van der Waals surface area (Å²) in [7, 11) is 0. The van der Waals surface area contributed by atoms with Gasteiger partial charge in [-0.3, -0.25) is 9.88 Å². The van der Waals surface area contributed by atoms with Crippen LogP contribution in [0, 0.1) is 0 Å². The zero-order valence-corrected chi connectivity index (χ0v) is 12.4. The fourth-order valence-corrected chi connectivity index (χ4v) is 2.32. The van der Waals surface area contributed by atoms with Crippen molar-refractivity contribution in [2.24, 2.45) is 0 Å². The van der Waals surface area contributed by atoms with Crippen molar-refractivity contribution in [2.45, 2.75) is 45.3 Å². The summed E-state index contributed by atoms with van der Waals surface area (Å²) in [5.74, 6) is 0. The summed E-state index contributed by atoms with van der Waals surface area (Å²) in [6.45, 7) is 5.44. The Hall–Kier alpha value is -2.24. The minimum absolute atomic E-state index is 0.0954. The zero-order valence-electron chi connectivity index (χ0n) is 12.4. The molecule has 1 heterocycles. The van der Waals surface area contributed by atoms with Crippen molar-refractivity contribution in [2.75, 3.05) is 5.32 Å². The lowest BCUT2D eigenvalue weighted by Crippen LogP contribution is -2.27. The number of benzene rings is 1. The number of imidazole rings is 1. The van der Waals surface area contributed by atoms with Gasteiger partial charge in [0.15, 0.2) is 0 Å². The fourth-order valence-electron chi connectivity index (χ4n) is 2.32. The standard InChI is InChI=1S/C15H19N3O3/c1-15(2,3)21-14(20)16-9-4-7-11-12(8-9)18(10-5-6-10)13(19)17-11/h4,7-8,10H,5-6H2,1-3H3,(H,16,20)(H,17,19). The van der Waals surface area contributed by atoms with Crippen molar-refractivity contribution in [3.63, 3.8) is 0 Å². The summed E-state index contributed by atoms with van der Waals surface area (Å²) >= 11 is 0. The molecule has 1 aliphatic carbocycles. The predicted molar refractivity (Wildman–Crippen MR) is 80.7 cm³/mol. The lowest BCUT2D eigenvalue weighted by Gasteiger charge is -2.19. The minimum atomic E-state index is -0.543. The summed E-state index contributed by atoms with van der Waals surface area (Å²) < 4.78 is 6.98. The number of hydrogen-bond donors (Lipinski definition) is 2. The molecule has 0 atom stereocenters. The third-order valence-electron chi connectivity index (χ3n) is 3.27. The molecule has 1 saturated carbocycles. The van der Waals surface area contributed by atoms with Crippen LogP contribution in [0.25, 0.3) is 11.0 Å². The van der Waals surface area contributed by atoms with Crippen LogP contribution in [-0.4, -0.2) is 21.2 Å². The zero-order chi connectivity index (χ0) is 15.2. The van der Waals surface area contributed by atoms with E-state index in [0.29, 0.717) is 5.69 Å². The van der Waals surface area contributed by atoms with Gasteiger partial charge in [-0.2, -0.15) is 0 Å². The fraction of sp³-hybridized carbons (Fsp3) is 0.467. The molecule has 1 aromatic heterocycles. The number of anilines is 1. The number of ether oxygens (including phenoxy) is 1. The van der Waals surface area contributed by atoms with Crippen LogP contribution in [0.5, 0.6) is 0 Å². The normalized spacial score (nSPS) is 15.2. The van der Waals surface area contributed by atoms with E-state index in [1.54, 1.807) is 22.8 Å². The Kier molecular flexibility index (Phi) is 3.04. The molecule has 6 nitrogen and oxygen atoms in total. The van der Waals surface area contributed by atoms with E-state index in [9.17, 15) is 9.59 Å². The van der Waals surface area contributed by atoms with E-state index in [-0.39, 0.29) is 11.7 Å². The second kappa shape index (κ2) is 4.65. The Bertz CT molecular complexity index is 748. The van der Waals surface area contributed by atoms with Crippen molar-refractivity contribution in [1.82, 2.24) is 9.55 Å². The first-order valence-corrected chi connectivity index (χ1v) is 7.08. The monoisotopic (exact) mass is 289 g/mol. The molecular weight excluding hydrogens is 270 g/mol. The molecule has 2 N–H and O–H groups in total. The van der Waals surface area contributed by atoms with Crippen LogP contribution < -0.4 is 11.0 Å². The van der Waals surface area contributed by atoms with Gasteiger partial charge in [-0.1, -0.05) is 0 Å². The van der Waals surface area contributed by atoms with Gasteiger partial charge in [0.25, 0.3) is 0 Å². The number of rotatable bonds is 2. The summed E-state index contributed by atoms with van der Waals surface area (Å²) in [4.78, 5) is 26.6. The van der Waals surface area contributed by atoms with Crippen LogP contribution in [0.1, 0.15) is 39.7 Å². The molecule has 0 unspecified atom stereocenters. The number of H-pyrrole nitrogens is 1. The van der Waals surface area contributed by atoms with E-state index in [1.807, 2.05) is 20.8 Å². The molecule has 0 bridgehead atoms. The van der Waals surface area contributed by atoms with E-state index in [4.69, 9.17) is 4.74 Å². The lowest BCUT2D eigenvalue weighted by atomic mass is 10.2. The Morgan fingerprint density at radius 3 is 2.71 bits per heavy atom. The third kappa shape index (κ3) is 2.94. The van der Waals surface area contributed by atoms with Gasteiger partial charge in [0, 0.05) is 11.7 Å². The maximum absolute atomic E-state index is 11.9. The van der Waals surface area contributed by atoms with E-state index in [0.717, 1.165) is 23.9 Å². The molecule has 0 saturated heterocycles. The molecule has 0 spiro atoms. The second-order valence-electron chi connectivity index (χ2n) is 6.39. The first kappa shape index (κ1) is 13.7. The second-order valence-corrected chi connectivity index (χ2v) is 6.39. The highest BCUT2D eigenvalue weighted by molar-refractivity contribution is 5.89. The van der Waals surface area contributed by atoms with Gasteiger partial charge < -0.3 is 9.72 Å². The van der Waals surface area contributed by atoms with Gasteiger partial charge in [0.1, 0.15) is 5.60 Å². The maximum Gasteiger partial charge on any atom is 0.412 e. The number of hydrogen-bond acceptors (Lipinski definition) is 3. The average Bonchev–Trinajstić information content (AvgIpc) is 3.10. The molecule has 21 heavy (non-hydrogen) atoms. The largest absolute Gasteiger partial charge is 0.444 e. The Morgan fingerprint density at radius 2 is 2.10 bits per heavy atom. The number of nitrogens with one attached hydrogen (secondary N) is 2. The number of amides is 1. The van der Waals surface area contributed by atoms with Crippen LogP contribution in [0.2, 0.25) is 0 Å². The number of carbonyl (C=O) groups excluding carboxylic acids is 1. The SMILES string of the molecule is CC(C)(C)OC(=O)Nc1ccc2[nH]c(=O)n(C3CC3)c2c1. The number of nitrogens with zero attached hydrogens (tertiary/aromatic N) is 1. The van der Waals surface area contributed by atoms with Crippen molar-refractivity contribution < 1.29 is 9.53 Å². The van der Waals surface area contributed by atoms with Crippen LogP contribution in [0.15, 0.2) is 23.0 Å². The molecule has 112 valence electrons. The molecule has 0 radical (unpaired) electrons. The molecule has 2 aromatic rings. The van der Waals surface area contributed by atoms with Gasteiger partial charge in [-0.05, 0) is 51.8 Å². The first-order chi connectivity index (χ1) is 9.83. The quantitative estimate of drug-likeness (QED) is 0.892. The van der Waals surface area contributed by atoms with Crippen LogP contribution in [-0.2, 0) is 4.74 Å². The van der Waals surface area contributed by atoms with Gasteiger partial charge in [-0.25, -0.2) is 9.59 Å². The topological polar surface area (TPSA) is 76.1 Å². The molecular formula is C15H19N3O3.